The monoisotopic (exact) mass is 1390 g/mol. The first-order chi connectivity index (χ1) is 48.0. The number of hydrogen-bond donors (Lipinski definition) is 3. The van der Waals surface area contributed by atoms with E-state index in [-0.39, 0.29) is 32.1 Å². The average Bonchev–Trinajstić information content (AvgIpc) is 1.50. The third kappa shape index (κ3) is 44.6. The van der Waals surface area contributed by atoms with Gasteiger partial charge in [-0.3, -0.25) is 24.0 Å². The summed E-state index contributed by atoms with van der Waals surface area (Å²) in [4.78, 5) is 70.9. The van der Waals surface area contributed by atoms with Crippen LogP contribution in [-0.4, -0.2) is 120 Å². The Kier molecular flexibility index (Phi) is 59.3. The van der Waals surface area contributed by atoms with Crippen molar-refractivity contribution in [1.82, 2.24) is 0 Å². The molecule has 0 unspecified atom stereocenters. The molecule has 2 aliphatic rings. The molecule has 0 spiro atoms. The van der Waals surface area contributed by atoms with E-state index < -0.39 is 104 Å². The molecular formula is C82H152O16. The summed E-state index contributed by atoms with van der Waals surface area (Å²) in [6, 6.07) is 0. The number of aliphatic hydroxyl groups excluding tert-OH is 3. The average molecular weight is 1390 g/mol. The van der Waals surface area contributed by atoms with E-state index in [9.17, 15) is 39.3 Å². The van der Waals surface area contributed by atoms with Gasteiger partial charge in [-0.05, 0) is 32.1 Å². The summed E-state index contributed by atoms with van der Waals surface area (Å²) in [6.45, 7) is 8.55. The molecular weight excluding hydrogens is 1240 g/mol. The largest absolute Gasteiger partial charge is 0.455 e. The Hall–Kier alpha value is -2.89. The Balaban J connectivity index is 2.56. The van der Waals surface area contributed by atoms with Gasteiger partial charge in [0, 0.05) is 32.1 Å². The highest BCUT2D eigenvalue weighted by Gasteiger charge is 2.64. The lowest BCUT2D eigenvalue weighted by Gasteiger charge is -2.46. The van der Waals surface area contributed by atoms with E-state index in [0.29, 0.717) is 32.1 Å². The molecule has 0 aliphatic carbocycles. The van der Waals surface area contributed by atoms with Gasteiger partial charge in [0.2, 0.25) is 12.1 Å². The maximum atomic E-state index is 14.4. The molecule has 0 aromatic carbocycles. The van der Waals surface area contributed by atoms with Crippen LogP contribution < -0.4 is 0 Å². The lowest BCUT2D eigenvalue weighted by molar-refractivity contribution is -0.384. The molecule has 16 heteroatoms. The Morgan fingerprint density at radius 1 is 0.276 bits per heavy atom. The van der Waals surface area contributed by atoms with E-state index in [1.165, 1.54) is 193 Å². The predicted octanol–water partition coefficient (Wildman–Crippen LogP) is 20.9. The van der Waals surface area contributed by atoms with Crippen LogP contribution in [0.1, 0.15) is 420 Å². The fourth-order valence-corrected chi connectivity index (χ4v) is 14.0. The molecule has 576 valence electrons. The van der Waals surface area contributed by atoms with Gasteiger partial charge in [0.05, 0.1) is 13.2 Å². The van der Waals surface area contributed by atoms with Crippen LogP contribution in [0.25, 0.3) is 0 Å². The number of esters is 5. The molecule has 2 saturated heterocycles. The molecule has 0 bridgehead atoms. The first kappa shape index (κ1) is 91.2. The maximum absolute atomic E-state index is 14.4. The van der Waals surface area contributed by atoms with Crippen molar-refractivity contribution in [3.05, 3.63) is 0 Å². The Labute approximate surface area is 598 Å². The lowest BCUT2D eigenvalue weighted by Crippen LogP contribution is -2.65. The molecule has 16 nitrogen and oxygen atoms in total. The number of ether oxygens (including phenoxy) is 8. The highest BCUT2D eigenvalue weighted by atomic mass is 16.8. The van der Waals surface area contributed by atoms with E-state index in [1.54, 1.807) is 0 Å². The molecule has 0 saturated carbocycles. The van der Waals surface area contributed by atoms with Gasteiger partial charge in [0.1, 0.15) is 18.8 Å². The molecule has 2 fully saturated rings. The van der Waals surface area contributed by atoms with Crippen LogP contribution >= 0.6 is 0 Å². The number of unbranched alkanes of at least 4 members (excludes halogenated alkanes) is 50. The zero-order chi connectivity index (χ0) is 71.2. The van der Waals surface area contributed by atoms with Gasteiger partial charge in [-0.1, -0.05) is 356 Å². The molecule has 0 aromatic heterocycles. The minimum Gasteiger partial charge on any atom is -0.455 e. The Morgan fingerprint density at radius 3 is 0.755 bits per heavy atom. The summed E-state index contributed by atoms with van der Waals surface area (Å²) in [7, 11) is 0. The molecule has 9 atom stereocenters. The van der Waals surface area contributed by atoms with Crippen molar-refractivity contribution in [2.24, 2.45) is 0 Å². The van der Waals surface area contributed by atoms with E-state index in [2.05, 4.69) is 34.6 Å². The molecule has 3 N–H and O–H groups in total. The first-order valence-electron chi connectivity index (χ1n) is 41.8. The molecule has 0 aromatic rings. The molecule has 0 radical (unpaired) electrons. The number of rotatable bonds is 70. The second kappa shape index (κ2) is 63.8. The number of aliphatic hydroxyl groups is 3. The van der Waals surface area contributed by atoms with Gasteiger partial charge in [-0.15, -0.1) is 0 Å². The van der Waals surface area contributed by atoms with Crippen LogP contribution in [0.4, 0.5) is 0 Å². The topological polar surface area (TPSA) is 220 Å². The summed E-state index contributed by atoms with van der Waals surface area (Å²) < 4.78 is 51.1. The molecule has 98 heavy (non-hydrogen) atoms. The van der Waals surface area contributed by atoms with Gasteiger partial charge >= 0.3 is 29.8 Å². The van der Waals surface area contributed by atoms with Gasteiger partial charge in [-0.25, -0.2) is 0 Å². The van der Waals surface area contributed by atoms with E-state index in [1.807, 2.05) is 0 Å². The SMILES string of the molecule is CCCCCCCCCCCCCC(=O)O[C@@H]1[C@@H](OC(=O)CCCCCCCCCCCCC)[C@@H](O[C@]2(CO)O[C@H](CO)[C@@H](OC(=O)CCCCCCCCCCCCC)[C@@H]2OC(=O)CCCCCCCCCCCCC)O[C@H](CO)[C@H]1OC(=O)CCCCCCCCCCCCC. The number of carbonyl (C=O) groups excluding carboxylic acids is 5. The summed E-state index contributed by atoms with van der Waals surface area (Å²) in [5.74, 6) is -5.66. The number of hydrogen-bond acceptors (Lipinski definition) is 16. The standard InChI is InChI=1S/C82H152O16/c1-6-11-16-21-26-31-36-41-46-51-56-61-71(86)92-76-69(66-83)91-81(79(95-74(89)64-59-54-49-44-39-34-29-24-19-14-9-4)78(76)94-73(88)63-58-53-48-43-38-33-28-23-18-13-8-3)98-82(68-85)80(96-75(90)65-60-55-50-45-40-35-30-25-20-15-10-5)77(70(67-84)97-82)93-72(87)62-57-52-47-42-37-32-27-22-17-12-7-2/h69-70,76-81,83-85H,6-68H2,1-5H3/t69-,70-,76-,77-,78+,79-,80+,81-,82+/m1/s1. The van der Waals surface area contributed by atoms with Gasteiger partial charge < -0.3 is 53.2 Å². The van der Waals surface area contributed by atoms with Crippen molar-refractivity contribution in [3.63, 3.8) is 0 Å². The fourth-order valence-electron chi connectivity index (χ4n) is 14.0. The summed E-state index contributed by atoms with van der Waals surface area (Å²) in [5, 5.41) is 34.1. The maximum Gasteiger partial charge on any atom is 0.306 e. The first-order valence-corrected chi connectivity index (χ1v) is 41.8. The van der Waals surface area contributed by atoms with Crippen molar-refractivity contribution < 1.29 is 77.2 Å². The van der Waals surface area contributed by atoms with Gasteiger partial charge in [0.25, 0.3) is 0 Å². The Morgan fingerprint density at radius 2 is 0.500 bits per heavy atom. The summed E-state index contributed by atoms with van der Waals surface area (Å²) >= 11 is 0. The predicted molar refractivity (Wildman–Crippen MR) is 393 cm³/mol. The lowest BCUT2D eigenvalue weighted by atomic mass is 9.97. The van der Waals surface area contributed by atoms with E-state index in [4.69, 9.17) is 37.9 Å². The fraction of sp³-hybridized carbons (Fsp3) is 0.939. The summed E-state index contributed by atoms with van der Waals surface area (Å²) in [6.07, 6.45) is 46.8. The van der Waals surface area contributed by atoms with Crippen LogP contribution in [0.2, 0.25) is 0 Å². The highest BCUT2D eigenvalue weighted by Crippen LogP contribution is 2.41. The molecule has 2 aliphatic heterocycles. The minimum atomic E-state index is -2.45. The van der Waals surface area contributed by atoms with E-state index in [0.717, 1.165) is 128 Å². The van der Waals surface area contributed by atoms with Crippen LogP contribution in [0.15, 0.2) is 0 Å². The quantitative estimate of drug-likeness (QED) is 0.0293. The smallest absolute Gasteiger partial charge is 0.306 e. The van der Waals surface area contributed by atoms with Gasteiger partial charge in [-0.2, -0.15) is 0 Å². The third-order valence-corrected chi connectivity index (χ3v) is 20.2. The zero-order valence-electron chi connectivity index (χ0n) is 63.8. The van der Waals surface area contributed by atoms with Gasteiger partial charge in [0.15, 0.2) is 30.5 Å². The zero-order valence-corrected chi connectivity index (χ0v) is 63.8. The van der Waals surface area contributed by atoms with Crippen molar-refractivity contribution in [2.75, 3.05) is 19.8 Å². The minimum absolute atomic E-state index is 0.00653. The van der Waals surface area contributed by atoms with E-state index >= 15 is 0 Å². The second-order valence-corrected chi connectivity index (χ2v) is 29.3. The normalized spacial score (nSPS) is 20.8. The highest BCUT2D eigenvalue weighted by molar-refractivity contribution is 5.72. The van der Waals surface area contributed by atoms with Crippen molar-refractivity contribution in [2.45, 2.75) is 475 Å². The van der Waals surface area contributed by atoms with Crippen molar-refractivity contribution in [1.29, 1.82) is 0 Å². The van der Waals surface area contributed by atoms with Crippen LogP contribution in [-0.2, 0) is 61.9 Å². The molecule has 0 amide bonds. The van der Waals surface area contributed by atoms with Crippen molar-refractivity contribution >= 4 is 29.8 Å². The second-order valence-electron chi connectivity index (χ2n) is 29.3. The number of carbonyl (C=O) groups is 5. The molecule has 2 heterocycles. The Bertz CT molecular complexity index is 1890. The summed E-state index contributed by atoms with van der Waals surface area (Å²) in [5.41, 5.74) is 0. The van der Waals surface area contributed by atoms with Crippen LogP contribution in [0.3, 0.4) is 0 Å². The third-order valence-electron chi connectivity index (χ3n) is 20.2. The van der Waals surface area contributed by atoms with Crippen LogP contribution in [0, 0.1) is 0 Å². The molecule has 2 rings (SSSR count). The van der Waals surface area contributed by atoms with Crippen LogP contribution in [0.5, 0.6) is 0 Å². The van der Waals surface area contributed by atoms with Crippen molar-refractivity contribution in [3.8, 4) is 0 Å².